The van der Waals surface area contributed by atoms with Crippen molar-refractivity contribution in [3.8, 4) is 0 Å². The van der Waals surface area contributed by atoms with Gasteiger partial charge < -0.3 is 10.2 Å². The van der Waals surface area contributed by atoms with Crippen molar-refractivity contribution in [2.75, 3.05) is 31.6 Å². The Morgan fingerprint density at radius 2 is 2.04 bits per heavy atom. The van der Waals surface area contributed by atoms with E-state index in [4.69, 9.17) is 0 Å². The molecule has 4 nitrogen and oxygen atoms in total. The smallest absolute Gasteiger partial charge is 0.128 e. The van der Waals surface area contributed by atoms with Crippen molar-refractivity contribution >= 4 is 5.82 Å². The third kappa shape index (κ3) is 3.69. The number of hydrogen-bond acceptors (Lipinski definition) is 4. The molecule has 0 unspecified atom stereocenters. The van der Waals surface area contributed by atoms with E-state index in [0.717, 1.165) is 32.0 Å². The minimum atomic E-state index is 0.393. The van der Waals surface area contributed by atoms with Crippen LogP contribution in [0.25, 0.3) is 0 Å². The lowest BCUT2D eigenvalue weighted by atomic mass is 9.79. The van der Waals surface area contributed by atoms with Crippen LogP contribution in [0.3, 0.4) is 0 Å². The second-order valence-electron chi connectivity index (χ2n) is 7.61. The first kappa shape index (κ1) is 16.7. The molecule has 0 amide bonds. The Bertz CT molecular complexity index is 482. The van der Waals surface area contributed by atoms with Crippen molar-refractivity contribution < 1.29 is 0 Å². The number of aromatic nitrogens is 1. The SMILES string of the molecule is CC(C)N(C)c1ccc(CN2CCNCC23CCCCC3)cn1. The molecule has 1 aromatic heterocycles. The summed E-state index contributed by atoms with van der Waals surface area (Å²) in [6.45, 7) is 8.87. The predicted octanol–water partition coefficient (Wildman–Crippen LogP) is 3.03. The molecule has 2 fully saturated rings. The Labute approximate surface area is 141 Å². The highest BCUT2D eigenvalue weighted by atomic mass is 15.3. The number of rotatable bonds is 4. The van der Waals surface area contributed by atoms with Crippen molar-refractivity contribution in [1.82, 2.24) is 15.2 Å². The van der Waals surface area contributed by atoms with E-state index in [1.807, 2.05) is 0 Å². The second kappa shape index (κ2) is 7.18. The highest BCUT2D eigenvalue weighted by Crippen LogP contribution is 2.35. The maximum Gasteiger partial charge on any atom is 0.128 e. The Hall–Kier alpha value is -1.13. The molecule has 128 valence electrons. The van der Waals surface area contributed by atoms with E-state index in [2.05, 4.69) is 59.3 Å². The molecule has 0 atom stereocenters. The minimum absolute atomic E-state index is 0.393. The minimum Gasteiger partial charge on any atom is -0.357 e. The van der Waals surface area contributed by atoms with Gasteiger partial charge in [-0.3, -0.25) is 4.90 Å². The second-order valence-corrected chi connectivity index (χ2v) is 7.61. The number of piperazine rings is 1. The molecule has 0 bridgehead atoms. The molecule has 1 aliphatic carbocycles. The molecular formula is C19H32N4. The number of pyridine rings is 1. The lowest BCUT2D eigenvalue weighted by Crippen LogP contribution is -2.61. The van der Waals surface area contributed by atoms with Crippen LogP contribution in [0.2, 0.25) is 0 Å². The standard InChI is InChI=1S/C19H32N4/c1-16(2)22(3)18-8-7-17(13-21-18)14-23-12-11-20-15-19(23)9-5-4-6-10-19/h7-8,13,16,20H,4-6,9-12,14-15H2,1-3H3. The van der Waals surface area contributed by atoms with Gasteiger partial charge in [0.1, 0.15) is 5.82 Å². The number of hydrogen-bond donors (Lipinski definition) is 1. The fourth-order valence-electron chi connectivity index (χ4n) is 4.04. The van der Waals surface area contributed by atoms with Gasteiger partial charge in [0.25, 0.3) is 0 Å². The van der Waals surface area contributed by atoms with Gasteiger partial charge in [-0.2, -0.15) is 0 Å². The first-order chi connectivity index (χ1) is 11.1. The molecular weight excluding hydrogens is 284 g/mol. The number of nitrogens with one attached hydrogen (secondary N) is 1. The van der Waals surface area contributed by atoms with E-state index < -0.39 is 0 Å². The highest BCUT2D eigenvalue weighted by Gasteiger charge is 2.39. The molecule has 4 heteroatoms. The summed E-state index contributed by atoms with van der Waals surface area (Å²) in [6.07, 6.45) is 8.95. The van der Waals surface area contributed by atoms with Gasteiger partial charge in [-0.25, -0.2) is 4.98 Å². The van der Waals surface area contributed by atoms with Crippen LogP contribution in [0.1, 0.15) is 51.5 Å². The van der Waals surface area contributed by atoms with Crippen LogP contribution in [0.15, 0.2) is 18.3 Å². The van der Waals surface area contributed by atoms with E-state index in [1.54, 1.807) is 0 Å². The lowest BCUT2D eigenvalue weighted by molar-refractivity contribution is 0.0208. The summed E-state index contributed by atoms with van der Waals surface area (Å²) in [5.41, 5.74) is 1.74. The van der Waals surface area contributed by atoms with Gasteiger partial charge in [0, 0.05) is 51.0 Å². The van der Waals surface area contributed by atoms with E-state index >= 15 is 0 Å². The van der Waals surface area contributed by atoms with Crippen LogP contribution in [0, 0.1) is 0 Å². The molecule has 3 rings (SSSR count). The molecule has 2 heterocycles. The summed E-state index contributed by atoms with van der Waals surface area (Å²) in [5, 5.41) is 3.63. The third-order valence-corrected chi connectivity index (χ3v) is 5.79. The van der Waals surface area contributed by atoms with E-state index in [1.165, 1.54) is 37.7 Å². The van der Waals surface area contributed by atoms with Gasteiger partial charge in [-0.05, 0) is 38.3 Å². The summed E-state index contributed by atoms with van der Waals surface area (Å²) >= 11 is 0. The largest absolute Gasteiger partial charge is 0.357 e. The van der Waals surface area contributed by atoms with Crippen LogP contribution < -0.4 is 10.2 Å². The van der Waals surface area contributed by atoms with Crippen LogP contribution in [0.4, 0.5) is 5.82 Å². The maximum atomic E-state index is 4.68. The number of nitrogens with zero attached hydrogens (tertiary/aromatic N) is 3. The summed E-state index contributed by atoms with van der Waals surface area (Å²) in [5.74, 6) is 1.07. The lowest BCUT2D eigenvalue weighted by Gasteiger charge is -2.50. The van der Waals surface area contributed by atoms with Crippen molar-refractivity contribution in [3.05, 3.63) is 23.9 Å². The molecule has 2 aliphatic rings. The fraction of sp³-hybridized carbons (Fsp3) is 0.737. The quantitative estimate of drug-likeness (QED) is 0.925. The topological polar surface area (TPSA) is 31.4 Å². The van der Waals surface area contributed by atoms with Crippen LogP contribution >= 0.6 is 0 Å². The van der Waals surface area contributed by atoms with Crippen molar-refractivity contribution in [2.24, 2.45) is 0 Å². The molecule has 1 aliphatic heterocycles. The Balaban J connectivity index is 1.70. The first-order valence-corrected chi connectivity index (χ1v) is 9.24. The van der Waals surface area contributed by atoms with Gasteiger partial charge in [0.15, 0.2) is 0 Å². The van der Waals surface area contributed by atoms with Crippen LogP contribution in [-0.4, -0.2) is 48.1 Å². The summed E-state index contributed by atoms with van der Waals surface area (Å²) < 4.78 is 0. The zero-order valence-electron chi connectivity index (χ0n) is 15.0. The van der Waals surface area contributed by atoms with Gasteiger partial charge in [-0.1, -0.05) is 25.3 Å². The monoisotopic (exact) mass is 316 g/mol. The molecule has 0 aromatic carbocycles. The maximum absolute atomic E-state index is 4.68. The van der Waals surface area contributed by atoms with E-state index in [9.17, 15) is 0 Å². The molecule has 1 saturated heterocycles. The van der Waals surface area contributed by atoms with Gasteiger partial charge in [0.05, 0.1) is 0 Å². The average Bonchev–Trinajstić information content (AvgIpc) is 2.58. The van der Waals surface area contributed by atoms with E-state index in [-0.39, 0.29) is 0 Å². The van der Waals surface area contributed by atoms with Gasteiger partial charge in [-0.15, -0.1) is 0 Å². The van der Waals surface area contributed by atoms with Crippen LogP contribution in [0.5, 0.6) is 0 Å². The molecule has 1 spiro atoms. The zero-order chi connectivity index (χ0) is 16.3. The van der Waals surface area contributed by atoms with Gasteiger partial charge >= 0.3 is 0 Å². The Kier molecular flexibility index (Phi) is 5.22. The fourth-order valence-corrected chi connectivity index (χ4v) is 4.04. The summed E-state index contributed by atoms with van der Waals surface area (Å²) in [6, 6.07) is 4.91. The molecule has 1 aromatic rings. The summed E-state index contributed by atoms with van der Waals surface area (Å²) in [4.78, 5) is 9.63. The van der Waals surface area contributed by atoms with Crippen molar-refractivity contribution in [1.29, 1.82) is 0 Å². The molecule has 1 N–H and O–H groups in total. The molecule has 23 heavy (non-hydrogen) atoms. The average molecular weight is 316 g/mol. The van der Waals surface area contributed by atoms with Crippen molar-refractivity contribution in [2.45, 2.75) is 64.1 Å². The van der Waals surface area contributed by atoms with Crippen LogP contribution in [-0.2, 0) is 6.54 Å². The zero-order valence-corrected chi connectivity index (χ0v) is 15.0. The van der Waals surface area contributed by atoms with E-state index in [0.29, 0.717) is 11.6 Å². The normalized spacial score (nSPS) is 21.7. The molecule has 0 radical (unpaired) electrons. The van der Waals surface area contributed by atoms with Crippen molar-refractivity contribution in [3.63, 3.8) is 0 Å². The Morgan fingerprint density at radius 1 is 1.26 bits per heavy atom. The first-order valence-electron chi connectivity index (χ1n) is 9.24. The third-order valence-electron chi connectivity index (χ3n) is 5.79. The highest BCUT2D eigenvalue weighted by molar-refractivity contribution is 5.39. The number of anilines is 1. The molecule has 1 saturated carbocycles. The Morgan fingerprint density at radius 3 is 2.70 bits per heavy atom. The van der Waals surface area contributed by atoms with Gasteiger partial charge in [0.2, 0.25) is 0 Å². The predicted molar refractivity (Wildman–Crippen MR) is 96.9 cm³/mol. The summed E-state index contributed by atoms with van der Waals surface area (Å²) in [7, 11) is 2.11.